The number of carboxylic acids is 1. The largest absolute Gasteiger partial charge is 0.480 e. The lowest BCUT2D eigenvalue weighted by Gasteiger charge is -2.13. The predicted molar refractivity (Wildman–Crippen MR) is 82.9 cm³/mol. The van der Waals surface area contributed by atoms with Gasteiger partial charge in [0.25, 0.3) is 0 Å². The van der Waals surface area contributed by atoms with Crippen molar-refractivity contribution in [3.05, 3.63) is 28.7 Å². The Labute approximate surface area is 134 Å². The van der Waals surface area contributed by atoms with Gasteiger partial charge in [-0.25, -0.2) is 4.79 Å². The summed E-state index contributed by atoms with van der Waals surface area (Å²) < 4.78 is 0.939. The number of primary amides is 1. The van der Waals surface area contributed by atoms with E-state index in [1.165, 1.54) is 11.8 Å². The lowest BCUT2D eigenvalue weighted by molar-refractivity contribution is -0.141. The number of nitrogens with one attached hydrogen (secondary N) is 1. The fourth-order valence-corrected chi connectivity index (χ4v) is 2.43. The van der Waals surface area contributed by atoms with Crippen LogP contribution < -0.4 is 11.1 Å². The van der Waals surface area contributed by atoms with E-state index in [0.717, 1.165) is 9.37 Å². The van der Waals surface area contributed by atoms with Crippen molar-refractivity contribution in [3.8, 4) is 0 Å². The fraction of sp³-hybridized carbons (Fsp3) is 0.308. The van der Waals surface area contributed by atoms with Gasteiger partial charge in [0.05, 0.1) is 5.75 Å². The number of nitrogens with two attached hydrogens (primary N) is 1. The minimum absolute atomic E-state index is 0.0145. The minimum atomic E-state index is -1.18. The Morgan fingerprint density at radius 2 is 1.90 bits per heavy atom. The second-order valence-electron chi connectivity index (χ2n) is 4.21. The van der Waals surface area contributed by atoms with Gasteiger partial charge in [0.15, 0.2) is 0 Å². The van der Waals surface area contributed by atoms with Crippen LogP contribution in [0.4, 0.5) is 0 Å². The molecule has 8 heteroatoms. The molecule has 4 N–H and O–H groups in total. The van der Waals surface area contributed by atoms with Crippen LogP contribution in [0.5, 0.6) is 0 Å². The highest BCUT2D eigenvalue weighted by molar-refractivity contribution is 9.10. The summed E-state index contributed by atoms with van der Waals surface area (Å²) in [5.74, 6) is -2.08. The van der Waals surface area contributed by atoms with Crippen molar-refractivity contribution in [2.75, 3.05) is 5.75 Å². The fourth-order valence-electron chi connectivity index (χ4n) is 1.46. The van der Waals surface area contributed by atoms with Gasteiger partial charge in [-0.2, -0.15) is 0 Å². The molecule has 0 fully saturated rings. The monoisotopic (exact) mass is 374 g/mol. The number of thioether (sulfide) groups is 1. The van der Waals surface area contributed by atoms with Gasteiger partial charge in [-0.1, -0.05) is 15.9 Å². The minimum Gasteiger partial charge on any atom is -0.480 e. The van der Waals surface area contributed by atoms with Gasteiger partial charge in [-0.05, 0) is 30.7 Å². The first-order chi connectivity index (χ1) is 9.88. The first-order valence-corrected chi connectivity index (χ1v) is 7.85. The molecule has 1 aromatic carbocycles. The summed E-state index contributed by atoms with van der Waals surface area (Å²) in [5, 5.41) is 11.3. The zero-order chi connectivity index (χ0) is 15.8. The maximum absolute atomic E-state index is 11.7. The van der Waals surface area contributed by atoms with Crippen molar-refractivity contribution < 1.29 is 19.5 Å². The van der Waals surface area contributed by atoms with Gasteiger partial charge in [0.2, 0.25) is 11.8 Å². The number of hydrogen-bond acceptors (Lipinski definition) is 4. The van der Waals surface area contributed by atoms with E-state index in [4.69, 9.17) is 10.8 Å². The van der Waals surface area contributed by atoms with Crippen LogP contribution in [0.2, 0.25) is 0 Å². The van der Waals surface area contributed by atoms with Crippen molar-refractivity contribution in [2.45, 2.75) is 23.8 Å². The highest BCUT2D eigenvalue weighted by Crippen LogP contribution is 2.20. The Morgan fingerprint density at radius 3 is 2.43 bits per heavy atom. The second kappa shape index (κ2) is 8.68. The number of carbonyl (C=O) groups is 3. The Hall–Kier alpha value is -1.54. The van der Waals surface area contributed by atoms with Gasteiger partial charge >= 0.3 is 5.97 Å². The molecule has 0 aliphatic heterocycles. The Morgan fingerprint density at radius 1 is 1.29 bits per heavy atom. The molecule has 21 heavy (non-hydrogen) atoms. The summed E-state index contributed by atoms with van der Waals surface area (Å²) in [6, 6.07) is 6.31. The molecule has 0 saturated carbocycles. The van der Waals surface area contributed by atoms with E-state index in [2.05, 4.69) is 21.2 Å². The molecule has 1 unspecified atom stereocenters. The summed E-state index contributed by atoms with van der Waals surface area (Å²) in [5.41, 5.74) is 4.97. The van der Waals surface area contributed by atoms with Gasteiger partial charge in [-0.3, -0.25) is 9.59 Å². The standard InChI is InChI=1S/C13H15BrN2O4S/c14-8-1-3-9(4-2-8)21-7-12(18)16-10(13(19)20)5-6-11(15)17/h1-4,10H,5-7H2,(H2,15,17)(H,16,18)(H,19,20). The zero-order valence-electron chi connectivity index (χ0n) is 11.0. The lowest BCUT2D eigenvalue weighted by atomic mass is 10.1. The van der Waals surface area contributed by atoms with E-state index in [-0.39, 0.29) is 18.6 Å². The Kier molecular flexibility index (Phi) is 7.24. The number of benzene rings is 1. The van der Waals surface area contributed by atoms with Crippen LogP contribution in [0.25, 0.3) is 0 Å². The molecular formula is C13H15BrN2O4S. The Balaban J connectivity index is 2.44. The van der Waals surface area contributed by atoms with Crippen LogP contribution >= 0.6 is 27.7 Å². The quantitative estimate of drug-likeness (QED) is 0.595. The van der Waals surface area contributed by atoms with Crippen molar-refractivity contribution in [3.63, 3.8) is 0 Å². The number of hydrogen-bond donors (Lipinski definition) is 3. The number of carbonyl (C=O) groups excluding carboxylic acids is 2. The summed E-state index contributed by atoms with van der Waals surface area (Å²) in [4.78, 5) is 34.3. The van der Waals surface area contributed by atoms with Gasteiger partial charge < -0.3 is 16.2 Å². The number of amides is 2. The third-order valence-corrected chi connectivity index (χ3v) is 4.04. The highest BCUT2D eigenvalue weighted by atomic mass is 79.9. The average molecular weight is 375 g/mol. The predicted octanol–water partition coefficient (Wildman–Crippen LogP) is 1.38. The molecule has 0 saturated heterocycles. The van der Waals surface area contributed by atoms with E-state index in [9.17, 15) is 14.4 Å². The van der Waals surface area contributed by atoms with E-state index in [0.29, 0.717) is 0 Å². The molecule has 2 amide bonds. The number of carboxylic acid groups (broad SMARTS) is 1. The van der Waals surface area contributed by atoms with Crippen molar-refractivity contribution in [1.82, 2.24) is 5.32 Å². The molecule has 0 aliphatic rings. The molecule has 0 heterocycles. The highest BCUT2D eigenvalue weighted by Gasteiger charge is 2.20. The van der Waals surface area contributed by atoms with Crippen molar-refractivity contribution >= 4 is 45.5 Å². The van der Waals surface area contributed by atoms with Gasteiger partial charge in [-0.15, -0.1) is 11.8 Å². The molecule has 0 aliphatic carbocycles. The molecule has 114 valence electrons. The summed E-state index contributed by atoms with van der Waals surface area (Å²) >= 11 is 4.61. The molecule has 0 radical (unpaired) electrons. The first-order valence-electron chi connectivity index (χ1n) is 6.07. The first kappa shape index (κ1) is 17.5. The number of halogens is 1. The third-order valence-electron chi connectivity index (χ3n) is 2.50. The molecule has 0 aromatic heterocycles. The van der Waals surface area contributed by atoms with Crippen LogP contribution in [-0.2, 0) is 14.4 Å². The third kappa shape index (κ3) is 7.14. The van der Waals surface area contributed by atoms with Crippen LogP contribution in [-0.4, -0.2) is 34.7 Å². The van der Waals surface area contributed by atoms with E-state index >= 15 is 0 Å². The van der Waals surface area contributed by atoms with E-state index in [1.54, 1.807) is 0 Å². The smallest absolute Gasteiger partial charge is 0.326 e. The van der Waals surface area contributed by atoms with Crippen LogP contribution in [0.3, 0.4) is 0 Å². The SMILES string of the molecule is NC(=O)CCC(NC(=O)CSc1ccc(Br)cc1)C(=O)O. The van der Waals surface area contributed by atoms with Crippen LogP contribution in [0.1, 0.15) is 12.8 Å². The summed E-state index contributed by atoms with van der Waals surface area (Å²) in [6.07, 6.45) is -0.101. The van der Waals surface area contributed by atoms with Crippen LogP contribution in [0, 0.1) is 0 Å². The Bertz CT molecular complexity index is 521. The molecule has 0 bridgehead atoms. The molecular weight excluding hydrogens is 360 g/mol. The number of aliphatic carboxylic acids is 1. The van der Waals surface area contributed by atoms with E-state index < -0.39 is 23.8 Å². The summed E-state index contributed by atoms with van der Waals surface area (Å²) in [6.45, 7) is 0. The molecule has 1 atom stereocenters. The molecule has 1 rings (SSSR count). The van der Waals surface area contributed by atoms with Crippen molar-refractivity contribution in [1.29, 1.82) is 0 Å². The van der Waals surface area contributed by atoms with Gasteiger partial charge in [0, 0.05) is 15.8 Å². The number of rotatable bonds is 8. The molecule has 0 spiro atoms. The van der Waals surface area contributed by atoms with Gasteiger partial charge in [0.1, 0.15) is 6.04 Å². The topological polar surface area (TPSA) is 109 Å². The van der Waals surface area contributed by atoms with Crippen LogP contribution in [0.15, 0.2) is 33.6 Å². The zero-order valence-corrected chi connectivity index (χ0v) is 13.4. The second-order valence-corrected chi connectivity index (χ2v) is 6.17. The summed E-state index contributed by atoms with van der Waals surface area (Å²) in [7, 11) is 0. The lowest BCUT2D eigenvalue weighted by Crippen LogP contribution is -2.42. The van der Waals surface area contributed by atoms with Crippen molar-refractivity contribution in [2.24, 2.45) is 5.73 Å². The molecule has 1 aromatic rings. The normalized spacial score (nSPS) is 11.7. The maximum atomic E-state index is 11.7. The van der Waals surface area contributed by atoms with E-state index in [1.807, 2.05) is 24.3 Å². The average Bonchev–Trinajstić information content (AvgIpc) is 2.42. The molecule has 6 nitrogen and oxygen atoms in total. The maximum Gasteiger partial charge on any atom is 0.326 e.